The Morgan fingerprint density at radius 1 is 1.21 bits per heavy atom. The molecule has 1 N–H and O–H groups in total. The predicted molar refractivity (Wildman–Crippen MR) is 78.9 cm³/mol. The van der Waals surface area contributed by atoms with Gasteiger partial charge in [-0.05, 0) is 37.8 Å². The van der Waals surface area contributed by atoms with Gasteiger partial charge in [0.1, 0.15) is 0 Å². The van der Waals surface area contributed by atoms with Crippen molar-refractivity contribution in [2.45, 2.75) is 52.0 Å². The number of hydrogen-bond acceptors (Lipinski definition) is 5. The summed E-state index contributed by atoms with van der Waals surface area (Å²) in [6.45, 7) is 6.01. The van der Waals surface area contributed by atoms with Crippen LogP contribution >= 0.6 is 11.6 Å². The van der Waals surface area contributed by atoms with Crippen LogP contribution in [0.5, 0.6) is 0 Å². The molecule has 0 aromatic carbocycles. The van der Waals surface area contributed by atoms with Gasteiger partial charge in [0.2, 0.25) is 17.2 Å². The summed E-state index contributed by atoms with van der Waals surface area (Å²) in [6, 6.07) is 0.510. The van der Waals surface area contributed by atoms with Crippen LogP contribution < -0.4 is 10.2 Å². The van der Waals surface area contributed by atoms with E-state index in [1.54, 1.807) is 0 Å². The summed E-state index contributed by atoms with van der Waals surface area (Å²) in [5.41, 5.74) is 0. The van der Waals surface area contributed by atoms with Crippen LogP contribution in [0.25, 0.3) is 0 Å². The number of nitrogens with one attached hydrogen (secondary N) is 1. The average molecular weight is 284 g/mol. The van der Waals surface area contributed by atoms with Crippen molar-refractivity contribution in [2.75, 3.05) is 23.3 Å². The van der Waals surface area contributed by atoms with Crippen molar-refractivity contribution >= 4 is 23.5 Å². The molecule has 106 valence electrons. The van der Waals surface area contributed by atoms with E-state index in [4.69, 9.17) is 11.6 Å². The Hall–Kier alpha value is -1.10. The summed E-state index contributed by atoms with van der Waals surface area (Å²) >= 11 is 6.01. The largest absolute Gasteiger partial charge is 0.354 e. The lowest BCUT2D eigenvalue weighted by molar-refractivity contribution is 0.547. The summed E-state index contributed by atoms with van der Waals surface area (Å²) in [5.74, 6) is 1.28. The van der Waals surface area contributed by atoms with E-state index in [9.17, 15) is 0 Å². The first-order chi connectivity index (χ1) is 9.24. The van der Waals surface area contributed by atoms with Crippen LogP contribution in [0.2, 0.25) is 5.28 Å². The normalized spacial score (nSPS) is 20.2. The molecule has 0 bridgehead atoms. The van der Waals surface area contributed by atoms with Gasteiger partial charge in [-0.2, -0.15) is 15.0 Å². The molecular formula is C13H22ClN5. The first kappa shape index (κ1) is 14.3. The van der Waals surface area contributed by atoms with Gasteiger partial charge < -0.3 is 10.2 Å². The predicted octanol–water partition coefficient (Wildman–Crippen LogP) is 3.12. The molecule has 2 rings (SSSR count). The molecule has 1 aliphatic heterocycles. The molecule has 1 aromatic heterocycles. The Balaban J connectivity index is 2.26. The fourth-order valence-corrected chi connectivity index (χ4v) is 2.73. The standard InChI is InChI=1S/C13H22ClN5/c1-3-10-8-6-5-7-9-19(10)13-17-11(14)16-12(18-13)15-4-2/h10H,3-9H2,1-2H3,(H,15,16,17,18). The zero-order valence-corrected chi connectivity index (χ0v) is 12.4. The van der Waals surface area contributed by atoms with Crippen LogP contribution in [0, 0.1) is 0 Å². The Labute approximate surface area is 119 Å². The lowest BCUT2D eigenvalue weighted by atomic mass is 10.1. The van der Waals surface area contributed by atoms with Gasteiger partial charge in [-0.15, -0.1) is 0 Å². The van der Waals surface area contributed by atoms with E-state index < -0.39 is 0 Å². The van der Waals surface area contributed by atoms with Crippen LogP contribution in [-0.4, -0.2) is 34.1 Å². The van der Waals surface area contributed by atoms with Crippen molar-refractivity contribution in [3.05, 3.63) is 5.28 Å². The highest BCUT2D eigenvalue weighted by Crippen LogP contribution is 2.24. The van der Waals surface area contributed by atoms with Crippen molar-refractivity contribution in [2.24, 2.45) is 0 Å². The van der Waals surface area contributed by atoms with Gasteiger partial charge in [0, 0.05) is 19.1 Å². The van der Waals surface area contributed by atoms with E-state index in [0.717, 1.165) is 19.5 Å². The van der Waals surface area contributed by atoms with Crippen LogP contribution in [0.4, 0.5) is 11.9 Å². The number of aromatic nitrogens is 3. The third-order valence-corrected chi connectivity index (χ3v) is 3.71. The molecule has 5 nitrogen and oxygen atoms in total. The molecule has 1 aliphatic rings. The molecular weight excluding hydrogens is 262 g/mol. The second kappa shape index (κ2) is 6.89. The van der Waals surface area contributed by atoms with Crippen molar-refractivity contribution in [1.82, 2.24) is 15.0 Å². The van der Waals surface area contributed by atoms with E-state index in [0.29, 0.717) is 17.9 Å². The summed E-state index contributed by atoms with van der Waals surface area (Å²) in [4.78, 5) is 15.2. The maximum Gasteiger partial charge on any atom is 0.231 e. The minimum Gasteiger partial charge on any atom is -0.354 e. The molecule has 1 saturated heterocycles. The summed E-state index contributed by atoms with van der Waals surface area (Å²) < 4.78 is 0. The molecule has 0 spiro atoms. The average Bonchev–Trinajstić information content (AvgIpc) is 2.63. The summed E-state index contributed by atoms with van der Waals surface area (Å²) in [5, 5.41) is 3.37. The van der Waals surface area contributed by atoms with Crippen LogP contribution in [-0.2, 0) is 0 Å². The zero-order chi connectivity index (χ0) is 13.7. The second-order valence-electron chi connectivity index (χ2n) is 4.86. The van der Waals surface area contributed by atoms with Gasteiger partial charge in [-0.25, -0.2) is 0 Å². The molecule has 6 heteroatoms. The van der Waals surface area contributed by atoms with Crippen molar-refractivity contribution < 1.29 is 0 Å². The number of rotatable bonds is 4. The third-order valence-electron chi connectivity index (χ3n) is 3.54. The van der Waals surface area contributed by atoms with Crippen LogP contribution in [0.1, 0.15) is 46.0 Å². The highest BCUT2D eigenvalue weighted by atomic mass is 35.5. The summed E-state index contributed by atoms with van der Waals surface area (Å²) in [7, 11) is 0. The first-order valence-electron chi connectivity index (χ1n) is 7.16. The lowest BCUT2D eigenvalue weighted by Crippen LogP contribution is -2.36. The van der Waals surface area contributed by atoms with Gasteiger partial charge in [0.25, 0.3) is 0 Å². The fourth-order valence-electron chi connectivity index (χ4n) is 2.57. The molecule has 1 unspecified atom stereocenters. The van der Waals surface area contributed by atoms with Gasteiger partial charge in [-0.1, -0.05) is 19.8 Å². The van der Waals surface area contributed by atoms with Crippen LogP contribution in [0.15, 0.2) is 0 Å². The number of nitrogens with zero attached hydrogens (tertiary/aromatic N) is 4. The lowest BCUT2D eigenvalue weighted by Gasteiger charge is -2.29. The van der Waals surface area contributed by atoms with Crippen molar-refractivity contribution in [3.63, 3.8) is 0 Å². The Kier molecular flexibility index (Phi) is 5.19. The van der Waals surface area contributed by atoms with E-state index in [1.165, 1.54) is 25.7 Å². The Bertz CT molecular complexity index is 412. The zero-order valence-electron chi connectivity index (χ0n) is 11.7. The highest BCUT2D eigenvalue weighted by Gasteiger charge is 2.22. The first-order valence-corrected chi connectivity index (χ1v) is 7.54. The maximum absolute atomic E-state index is 6.01. The Morgan fingerprint density at radius 3 is 2.79 bits per heavy atom. The summed E-state index contributed by atoms with van der Waals surface area (Å²) in [6.07, 6.45) is 6.08. The monoisotopic (exact) mass is 283 g/mol. The molecule has 0 aliphatic carbocycles. The van der Waals surface area contributed by atoms with E-state index in [1.807, 2.05) is 6.92 Å². The highest BCUT2D eigenvalue weighted by molar-refractivity contribution is 6.28. The topological polar surface area (TPSA) is 53.9 Å². The molecule has 0 amide bonds. The Morgan fingerprint density at radius 2 is 2.05 bits per heavy atom. The molecule has 1 fully saturated rings. The van der Waals surface area contributed by atoms with Gasteiger partial charge in [0.05, 0.1) is 0 Å². The fraction of sp³-hybridized carbons (Fsp3) is 0.769. The SMILES string of the molecule is CCNc1nc(Cl)nc(N2CCCCCC2CC)n1. The van der Waals surface area contributed by atoms with E-state index in [-0.39, 0.29) is 5.28 Å². The van der Waals surface area contributed by atoms with Gasteiger partial charge in [-0.3, -0.25) is 0 Å². The number of anilines is 2. The minimum absolute atomic E-state index is 0.264. The second-order valence-corrected chi connectivity index (χ2v) is 5.20. The molecule has 1 aromatic rings. The smallest absolute Gasteiger partial charge is 0.231 e. The third kappa shape index (κ3) is 3.69. The molecule has 0 radical (unpaired) electrons. The molecule has 1 atom stereocenters. The maximum atomic E-state index is 6.01. The van der Waals surface area contributed by atoms with Crippen molar-refractivity contribution in [3.8, 4) is 0 Å². The van der Waals surface area contributed by atoms with Gasteiger partial charge >= 0.3 is 0 Å². The molecule has 2 heterocycles. The molecule has 0 saturated carbocycles. The molecule has 19 heavy (non-hydrogen) atoms. The number of hydrogen-bond donors (Lipinski definition) is 1. The quantitative estimate of drug-likeness (QED) is 0.920. The van der Waals surface area contributed by atoms with Crippen molar-refractivity contribution in [1.29, 1.82) is 0 Å². The van der Waals surface area contributed by atoms with E-state index >= 15 is 0 Å². The van der Waals surface area contributed by atoms with Crippen LogP contribution in [0.3, 0.4) is 0 Å². The minimum atomic E-state index is 0.264. The van der Waals surface area contributed by atoms with Gasteiger partial charge in [0.15, 0.2) is 0 Å². The number of halogens is 1. The van der Waals surface area contributed by atoms with E-state index in [2.05, 4.69) is 32.1 Å².